The molecule has 0 bridgehead atoms. The lowest BCUT2D eigenvalue weighted by Crippen LogP contribution is -2.32. The fraction of sp³-hybridized carbons (Fsp3) is 0.250. The Morgan fingerprint density at radius 2 is 1.75 bits per heavy atom. The van der Waals surface area contributed by atoms with Crippen molar-refractivity contribution in [3.05, 3.63) is 72.3 Å². The molecule has 1 heterocycles. The van der Waals surface area contributed by atoms with Gasteiger partial charge in [0.15, 0.2) is 0 Å². The largest absolute Gasteiger partial charge is 0.345 e. The summed E-state index contributed by atoms with van der Waals surface area (Å²) in [5, 5.41) is 2.41. The number of nitrogens with zero attached hydrogens (tertiary/aromatic N) is 2. The van der Waals surface area contributed by atoms with Crippen LogP contribution in [0.15, 0.2) is 66.7 Å². The molecule has 28 heavy (non-hydrogen) atoms. The summed E-state index contributed by atoms with van der Waals surface area (Å²) in [5.74, 6) is 0.359. The molecule has 0 unspecified atom stereocenters. The summed E-state index contributed by atoms with van der Waals surface area (Å²) in [5.41, 5.74) is 2.93. The zero-order chi connectivity index (χ0) is 19.7. The average Bonchev–Trinajstić information content (AvgIpc) is 3.04. The molecule has 4 heteroatoms. The molecule has 0 radical (unpaired) electrons. The first-order valence-corrected chi connectivity index (χ1v) is 9.60. The van der Waals surface area contributed by atoms with Gasteiger partial charge in [-0.25, -0.2) is 0 Å². The number of carbonyl (C=O) groups is 2. The number of rotatable bonds is 4. The molecule has 0 N–H and O–H groups in total. The molecule has 0 aromatic heterocycles. The highest BCUT2D eigenvalue weighted by Crippen LogP contribution is 2.29. The van der Waals surface area contributed by atoms with E-state index in [0.29, 0.717) is 18.5 Å². The van der Waals surface area contributed by atoms with Crippen LogP contribution in [0, 0.1) is 5.92 Å². The average molecular weight is 372 g/mol. The minimum atomic E-state index is -0.00790. The first kappa shape index (κ1) is 18.2. The number of carbonyl (C=O) groups excluding carboxylic acids is 2. The van der Waals surface area contributed by atoms with Crippen LogP contribution in [0.1, 0.15) is 16.8 Å². The van der Waals surface area contributed by atoms with Crippen molar-refractivity contribution in [1.29, 1.82) is 0 Å². The van der Waals surface area contributed by atoms with Crippen LogP contribution in [0.4, 0.5) is 0 Å². The van der Waals surface area contributed by atoms with E-state index in [2.05, 4.69) is 30.3 Å². The predicted octanol–water partition coefficient (Wildman–Crippen LogP) is 4.06. The maximum atomic E-state index is 12.8. The number of benzene rings is 3. The number of hydrogen-bond donors (Lipinski definition) is 0. The van der Waals surface area contributed by atoms with Crippen molar-refractivity contribution >= 4 is 22.6 Å². The number of amides is 2. The molecule has 3 aromatic rings. The van der Waals surface area contributed by atoms with Gasteiger partial charge in [0.1, 0.15) is 0 Å². The molecule has 2 amide bonds. The normalized spacial score (nSPS) is 16.6. The molecule has 1 atom stereocenters. The Morgan fingerprint density at radius 3 is 2.46 bits per heavy atom. The van der Waals surface area contributed by atoms with Crippen LogP contribution in [0.3, 0.4) is 0 Å². The summed E-state index contributed by atoms with van der Waals surface area (Å²) < 4.78 is 0. The fourth-order valence-corrected chi connectivity index (χ4v) is 4.04. The van der Waals surface area contributed by atoms with E-state index < -0.39 is 0 Å². The maximum Gasteiger partial charge on any atom is 0.253 e. The van der Waals surface area contributed by atoms with E-state index in [-0.39, 0.29) is 17.7 Å². The van der Waals surface area contributed by atoms with Gasteiger partial charge in [-0.1, -0.05) is 54.6 Å². The van der Waals surface area contributed by atoms with Gasteiger partial charge in [0, 0.05) is 45.1 Å². The summed E-state index contributed by atoms with van der Waals surface area (Å²) in [6.45, 7) is 1.32. The smallest absolute Gasteiger partial charge is 0.253 e. The second kappa shape index (κ2) is 7.47. The molecule has 0 spiro atoms. The van der Waals surface area contributed by atoms with Crippen molar-refractivity contribution < 1.29 is 9.59 Å². The second-order valence-electron chi connectivity index (χ2n) is 7.63. The number of fused-ring (bicyclic) bond motifs is 1. The molecule has 1 saturated heterocycles. The molecule has 4 rings (SSSR count). The first-order valence-electron chi connectivity index (χ1n) is 9.60. The van der Waals surface area contributed by atoms with Gasteiger partial charge in [0.2, 0.25) is 5.91 Å². The monoisotopic (exact) mass is 372 g/mol. The van der Waals surface area contributed by atoms with Crippen LogP contribution in [0.25, 0.3) is 21.9 Å². The van der Waals surface area contributed by atoms with Gasteiger partial charge in [0.05, 0.1) is 0 Å². The topological polar surface area (TPSA) is 40.6 Å². The fourth-order valence-electron chi connectivity index (χ4n) is 4.04. The van der Waals surface area contributed by atoms with Gasteiger partial charge >= 0.3 is 0 Å². The predicted molar refractivity (Wildman–Crippen MR) is 112 cm³/mol. The summed E-state index contributed by atoms with van der Waals surface area (Å²) in [6, 6.07) is 22.4. The highest BCUT2D eigenvalue weighted by molar-refractivity contribution is 5.98. The Morgan fingerprint density at radius 1 is 1.04 bits per heavy atom. The van der Waals surface area contributed by atoms with Crippen LogP contribution >= 0.6 is 0 Å². The van der Waals surface area contributed by atoms with E-state index in [1.807, 2.05) is 50.5 Å². The van der Waals surface area contributed by atoms with Crippen molar-refractivity contribution in [2.24, 2.45) is 5.92 Å². The van der Waals surface area contributed by atoms with Crippen molar-refractivity contribution in [3.63, 3.8) is 0 Å². The van der Waals surface area contributed by atoms with E-state index in [9.17, 15) is 9.59 Å². The number of hydrogen-bond acceptors (Lipinski definition) is 2. The Kier molecular flexibility index (Phi) is 4.86. The van der Waals surface area contributed by atoms with Gasteiger partial charge in [-0.2, -0.15) is 0 Å². The van der Waals surface area contributed by atoms with Gasteiger partial charge < -0.3 is 9.80 Å². The lowest BCUT2D eigenvalue weighted by atomic mass is 9.97. The Hall–Kier alpha value is -3.14. The molecular formula is C24H24N2O2. The molecule has 1 aliphatic rings. The number of likely N-dealkylation sites (tertiary alicyclic amines) is 1. The second-order valence-corrected chi connectivity index (χ2v) is 7.63. The summed E-state index contributed by atoms with van der Waals surface area (Å²) >= 11 is 0. The van der Waals surface area contributed by atoms with Gasteiger partial charge in [0.25, 0.3) is 5.91 Å². The lowest BCUT2D eigenvalue weighted by Gasteiger charge is -2.21. The van der Waals surface area contributed by atoms with Crippen LogP contribution < -0.4 is 0 Å². The zero-order valence-corrected chi connectivity index (χ0v) is 16.3. The van der Waals surface area contributed by atoms with Crippen molar-refractivity contribution in [1.82, 2.24) is 9.80 Å². The van der Waals surface area contributed by atoms with E-state index in [0.717, 1.165) is 17.7 Å². The molecule has 0 aliphatic carbocycles. The highest BCUT2D eigenvalue weighted by Gasteiger charge is 2.28. The van der Waals surface area contributed by atoms with Gasteiger partial charge in [-0.15, -0.1) is 0 Å². The van der Waals surface area contributed by atoms with Crippen LogP contribution in [0.2, 0.25) is 0 Å². The van der Waals surface area contributed by atoms with E-state index in [4.69, 9.17) is 0 Å². The molecule has 142 valence electrons. The quantitative estimate of drug-likeness (QED) is 0.693. The van der Waals surface area contributed by atoms with Crippen molar-refractivity contribution in [3.8, 4) is 11.1 Å². The van der Waals surface area contributed by atoms with Gasteiger partial charge in [-0.05, 0) is 34.0 Å². The van der Waals surface area contributed by atoms with Crippen LogP contribution in [-0.2, 0) is 4.79 Å². The molecule has 4 nitrogen and oxygen atoms in total. The first-order chi connectivity index (χ1) is 13.5. The van der Waals surface area contributed by atoms with Gasteiger partial charge in [-0.3, -0.25) is 9.59 Å². The third-order valence-corrected chi connectivity index (χ3v) is 5.53. The van der Waals surface area contributed by atoms with E-state index in [1.165, 1.54) is 10.8 Å². The van der Waals surface area contributed by atoms with Crippen molar-refractivity contribution in [2.75, 3.05) is 27.2 Å². The SMILES string of the molecule is CN1C[C@@H](CN(C)C(=O)c2ccc(-c3cccc4ccccc34)cc2)CC1=O. The Bertz CT molecular complexity index is 1020. The lowest BCUT2D eigenvalue weighted by molar-refractivity contribution is -0.126. The molecule has 3 aromatic carbocycles. The molecular weight excluding hydrogens is 348 g/mol. The standard InChI is InChI=1S/C24H24N2O2/c1-25-15-17(14-23(25)27)16-26(2)24(28)20-12-10-19(11-13-20)22-9-5-7-18-6-3-4-8-21(18)22/h3-13,17H,14-16H2,1-2H3/t17-/m0/s1. The van der Waals surface area contributed by atoms with Crippen LogP contribution in [-0.4, -0.2) is 48.8 Å². The van der Waals surface area contributed by atoms with E-state index >= 15 is 0 Å². The van der Waals surface area contributed by atoms with Crippen LogP contribution in [0.5, 0.6) is 0 Å². The maximum absolute atomic E-state index is 12.8. The van der Waals surface area contributed by atoms with E-state index in [1.54, 1.807) is 9.80 Å². The summed E-state index contributed by atoms with van der Waals surface area (Å²) in [7, 11) is 3.62. The summed E-state index contributed by atoms with van der Waals surface area (Å²) in [4.78, 5) is 27.9. The third kappa shape index (κ3) is 3.50. The Balaban J connectivity index is 1.51. The zero-order valence-electron chi connectivity index (χ0n) is 16.3. The Labute approximate surface area is 165 Å². The summed E-state index contributed by atoms with van der Waals surface area (Å²) in [6.07, 6.45) is 0.522. The third-order valence-electron chi connectivity index (χ3n) is 5.53. The molecule has 1 fully saturated rings. The minimum Gasteiger partial charge on any atom is -0.345 e. The highest BCUT2D eigenvalue weighted by atomic mass is 16.2. The minimum absolute atomic E-state index is 0.00790. The molecule has 1 aliphatic heterocycles. The molecule has 0 saturated carbocycles. The van der Waals surface area contributed by atoms with Crippen molar-refractivity contribution in [2.45, 2.75) is 6.42 Å².